The quantitative estimate of drug-likeness (QED) is 0.696. The van der Waals surface area contributed by atoms with E-state index < -0.39 is 0 Å². The van der Waals surface area contributed by atoms with Gasteiger partial charge in [-0.15, -0.1) is 0 Å². The number of fused-ring (bicyclic) bond motifs is 1. The first-order valence-electron chi connectivity index (χ1n) is 8.31. The second-order valence-corrected chi connectivity index (χ2v) is 6.77. The first-order chi connectivity index (χ1) is 11.6. The fourth-order valence-corrected chi connectivity index (χ4v) is 3.38. The standard InChI is InChI=1S/C21H23ClN2/c1-15-8-17(11-20(22)9-15)14-24-21(13-23)12-16-6-7-18-4-2-3-5-19(18)10-16/h2-11,21,24H,12-14,23H2,1H3. The van der Waals surface area contributed by atoms with E-state index in [1.165, 1.54) is 27.5 Å². The van der Waals surface area contributed by atoms with Crippen LogP contribution in [0.4, 0.5) is 0 Å². The molecule has 124 valence electrons. The van der Waals surface area contributed by atoms with Crippen molar-refractivity contribution in [2.75, 3.05) is 6.54 Å². The zero-order valence-electron chi connectivity index (χ0n) is 13.9. The van der Waals surface area contributed by atoms with E-state index in [4.69, 9.17) is 17.3 Å². The van der Waals surface area contributed by atoms with Crippen LogP contribution in [0.1, 0.15) is 16.7 Å². The smallest absolute Gasteiger partial charge is 0.0411 e. The van der Waals surface area contributed by atoms with Gasteiger partial charge < -0.3 is 11.1 Å². The maximum atomic E-state index is 6.13. The van der Waals surface area contributed by atoms with Crippen molar-refractivity contribution in [1.82, 2.24) is 5.32 Å². The summed E-state index contributed by atoms with van der Waals surface area (Å²) in [6, 6.07) is 21.4. The summed E-state index contributed by atoms with van der Waals surface area (Å²) in [5.74, 6) is 0. The molecule has 2 nitrogen and oxygen atoms in total. The van der Waals surface area contributed by atoms with Gasteiger partial charge in [0.25, 0.3) is 0 Å². The Hall–Kier alpha value is -1.87. The van der Waals surface area contributed by atoms with E-state index in [1.54, 1.807) is 0 Å². The van der Waals surface area contributed by atoms with E-state index in [0.717, 1.165) is 18.0 Å². The Balaban J connectivity index is 1.67. The summed E-state index contributed by atoms with van der Waals surface area (Å²) < 4.78 is 0. The van der Waals surface area contributed by atoms with Crippen molar-refractivity contribution < 1.29 is 0 Å². The highest BCUT2D eigenvalue weighted by Gasteiger charge is 2.08. The van der Waals surface area contributed by atoms with Gasteiger partial charge in [-0.05, 0) is 52.9 Å². The monoisotopic (exact) mass is 338 g/mol. The largest absolute Gasteiger partial charge is 0.329 e. The van der Waals surface area contributed by atoms with E-state index in [0.29, 0.717) is 6.54 Å². The van der Waals surface area contributed by atoms with Gasteiger partial charge >= 0.3 is 0 Å². The Morgan fingerprint density at radius 3 is 2.50 bits per heavy atom. The second-order valence-electron chi connectivity index (χ2n) is 6.34. The highest BCUT2D eigenvalue weighted by atomic mass is 35.5. The van der Waals surface area contributed by atoms with E-state index in [1.807, 2.05) is 12.1 Å². The number of nitrogens with two attached hydrogens (primary N) is 1. The molecule has 3 aromatic carbocycles. The summed E-state index contributed by atoms with van der Waals surface area (Å²) in [5, 5.41) is 6.88. The van der Waals surface area contributed by atoms with Gasteiger partial charge in [-0.3, -0.25) is 0 Å². The van der Waals surface area contributed by atoms with Crippen LogP contribution in [-0.4, -0.2) is 12.6 Å². The molecule has 0 radical (unpaired) electrons. The van der Waals surface area contributed by atoms with E-state index in [9.17, 15) is 0 Å². The molecule has 0 heterocycles. The van der Waals surface area contributed by atoms with E-state index >= 15 is 0 Å². The van der Waals surface area contributed by atoms with Crippen LogP contribution in [0.15, 0.2) is 60.7 Å². The second kappa shape index (κ2) is 7.80. The SMILES string of the molecule is Cc1cc(Cl)cc(CNC(CN)Cc2ccc3ccccc3c2)c1. The molecule has 0 saturated heterocycles. The molecular formula is C21H23ClN2. The van der Waals surface area contributed by atoms with Gasteiger partial charge in [-0.1, -0.05) is 60.1 Å². The summed E-state index contributed by atoms with van der Waals surface area (Å²) in [6.45, 7) is 3.44. The number of hydrogen-bond acceptors (Lipinski definition) is 2. The van der Waals surface area contributed by atoms with Gasteiger partial charge in [0.05, 0.1) is 0 Å². The molecule has 3 rings (SSSR count). The van der Waals surface area contributed by atoms with Crippen LogP contribution in [0.2, 0.25) is 5.02 Å². The zero-order valence-corrected chi connectivity index (χ0v) is 14.7. The lowest BCUT2D eigenvalue weighted by Crippen LogP contribution is -2.37. The molecule has 0 saturated carbocycles. The average molecular weight is 339 g/mol. The molecular weight excluding hydrogens is 316 g/mol. The predicted molar refractivity (Wildman–Crippen MR) is 104 cm³/mol. The summed E-state index contributed by atoms with van der Waals surface area (Å²) in [4.78, 5) is 0. The van der Waals surface area contributed by atoms with Crippen LogP contribution < -0.4 is 11.1 Å². The molecule has 0 amide bonds. The summed E-state index contributed by atoms with van der Waals surface area (Å²) in [7, 11) is 0. The molecule has 0 aliphatic rings. The predicted octanol–water partition coefficient (Wildman–Crippen LogP) is 4.46. The first kappa shape index (κ1) is 17.0. The first-order valence-corrected chi connectivity index (χ1v) is 8.69. The average Bonchev–Trinajstić information content (AvgIpc) is 2.57. The molecule has 3 aromatic rings. The Bertz CT molecular complexity index is 809. The lowest BCUT2D eigenvalue weighted by atomic mass is 10.0. The Kier molecular flexibility index (Phi) is 5.52. The van der Waals surface area contributed by atoms with E-state index in [2.05, 4.69) is 60.8 Å². The van der Waals surface area contributed by atoms with Crippen LogP contribution in [0.3, 0.4) is 0 Å². The maximum Gasteiger partial charge on any atom is 0.0411 e. The van der Waals surface area contributed by atoms with Crippen molar-refractivity contribution in [3.05, 3.63) is 82.4 Å². The number of halogens is 1. The Morgan fingerprint density at radius 1 is 0.958 bits per heavy atom. The highest BCUT2D eigenvalue weighted by Crippen LogP contribution is 2.17. The van der Waals surface area contributed by atoms with Gasteiger partial charge in [-0.25, -0.2) is 0 Å². The van der Waals surface area contributed by atoms with Crippen LogP contribution in [-0.2, 0) is 13.0 Å². The minimum Gasteiger partial charge on any atom is -0.329 e. The van der Waals surface area contributed by atoms with Crippen molar-refractivity contribution in [3.8, 4) is 0 Å². The van der Waals surface area contributed by atoms with Gasteiger partial charge in [0, 0.05) is 24.2 Å². The molecule has 24 heavy (non-hydrogen) atoms. The number of rotatable bonds is 6. The third-order valence-corrected chi connectivity index (χ3v) is 4.50. The number of hydrogen-bond donors (Lipinski definition) is 2. The van der Waals surface area contributed by atoms with Crippen molar-refractivity contribution in [2.45, 2.75) is 25.9 Å². The molecule has 1 unspecified atom stereocenters. The molecule has 3 heteroatoms. The lowest BCUT2D eigenvalue weighted by Gasteiger charge is -2.18. The molecule has 0 spiro atoms. The topological polar surface area (TPSA) is 38.0 Å². The normalized spacial score (nSPS) is 12.5. The van der Waals surface area contributed by atoms with Gasteiger partial charge in [0.15, 0.2) is 0 Å². The molecule has 0 aliphatic heterocycles. The molecule has 0 bridgehead atoms. The number of nitrogens with one attached hydrogen (secondary N) is 1. The van der Waals surface area contributed by atoms with Crippen LogP contribution in [0, 0.1) is 6.92 Å². The minimum atomic E-state index is 0.241. The van der Waals surface area contributed by atoms with Crippen molar-refractivity contribution in [1.29, 1.82) is 0 Å². The molecule has 3 N–H and O–H groups in total. The number of benzene rings is 3. The van der Waals surface area contributed by atoms with Crippen molar-refractivity contribution >= 4 is 22.4 Å². The van der Waals surface area contributed by atoms with Crippen molar-refractivity contribution in [3.63, 3.8) is 0 Å². The Morgan fingerprint density at radius 2 is 1.75 bits per heavy atom. The number of aryl methyl sites for hydroxylation is 1. The Labute approximate surface area is 148 Å². The molecule has 0 fully saturated rings. The molecule has 1 atom stereocenters. The minimum absolute atomic E-state index is 0.241. The third-order valence-electron chi connectivity index (χ3n) is 4.28. The highest BCUT2D eigenvalue weighted by molar-refractivity contribution is 6.30. The molecule has 0 aliphatic carbocycles. The zero-order chi connectivity index (χ0) is 16.9. The third kappa shape index (κ3) is 4.35. The van der Waals surface area contributed by atoms with Crippen LogP contribution in [0.25, 0.3) is 10.8 Å². The summed E-state index contributed by atoms with van der Waals surface area (Å²) in [5.41, 5.74) is 9.64. The fraction of sp³-hybridized carbons (Fsp3) is 0.238. The van der Waals surface area contributed by atoms with E-state index in [-0.39, 0.29) is 6.04 Å². The van der Waals surface area contributed by atoms with Crippen LogP contribution >= 0.6 is 11.6 Å². The van der Waals surface area contributed by atoms with Crippen LogP contribution in [0.5, 0.6) is 0 Å². The summed E-state index contributed by atoms with van der Waals surface area (Å²) >= 11 is 6.13. The van der Waals surface area contributed by atoms with Crippen molar-refractivity contribution in [2.24, 2.45) is 5.73 Å². The van der Waals surface area contributed by atoms with Gasteiger partial charge in [0.2, 0.25) is 0 Å². The fourth-order valence-electron chi connectivity index (χ4n) is 3.07. The van der Waals surface area contributed by atoms with Gasteiger partial charge in [-0.2, -0.15) is 0 Å². The summed E-state index contributed by atoms with van der Waals surface area (Å²) in [6.07, 6.45) is 0.918. The molecule has 0 aromatic heterocycles. The maximum absolute atomic E-state index is 6.13. The van der Waals surface area contributed by atoms with Gasteiger partial charge in [0.1, 0.15) is 0 Å². The lowest BCUT2D eigenvalue weighted by molar-refractivity contribution is 0.516.